The number of nitrogens with zero attached hydrogens (tertiary/aromatic N) is 1. The number of carbonyl (C=O) groups excluding carboxylic acids is 1. The molecule has 0 aliphatic carbocycles. The summed E-state index contributed by atoms with van der Waals surface area (Å²) in [6.07, 6.45) is 0.927. The molecule has 0 aliphatic rings. The van der Waals surface area contributed by atoms with Crippen molar-refractivity contribution in [2.75, 3.05) is 13.7 Å². The van der Waals surface area contributed by atoms with Crippen LogP contribution in [0.25, 0.3) is 0 Å². The van der Waals surface area contributed by atoms with Crippen molar-refractivity contribution in [2.45, 2.75) is 32.2 Å². The monoisotopic (exact) mass is 253 g/mol. The molecule has 4 heteroatoms. The maximum Gasteiger partial charge on any atom is 0.223 e. The number of rotatable bonds is 5. The van der Waals surface area contributed by atoms with Crippen LogP contribution in [-0.4, -0.2) is 35.1 Å². The Morgan fingerprint density at radius 3 is 2.39 bits per heavy atom. The minimum atomic E-state index is -0.556. The van der Waals surface area contributed by atoms with Crippen molar-refractivity contribution in [1.82, 2.24) is 4.90 Å². The lowest BCUT2D eigenvalue weighted by molar-refractivity contribution is -0.135. The van der Waals surface area contributed by atoms with Gasteiger partial charge in [-0.15, -0.1) is 0 Å². The summed E-state index contributed by atoms with van der Waals surface area (Å²) in [7, 11) is 1.68. The van der Waals surface area contributed by atoms with Gasteiger partial charge in [0.05, 0.1) is 12.1 Å². The lowest BCUT2D eigenvalue weighted by atomic mass is 10.0. The molecule has 1 amide bonds. The fourth-order valence-electron chi connectivity index (χ4n) is 1.51. The third kappa shape index (κ3) is 3.81. The Bertz CT molecular complexity index is 401. The maximum atomic E-state index is 12.7. The molecule has 0 unspecified atom stereocenters. The van der Waals surface area contributed by atoms with Crippen molar-refractivity contribution in [3.05, 3.63) is 35.6 Å². The Balaban J connectivity index is 2.53. The zero-order valence-electron chi connectivity index (χ0n) is 11.1. The van der Waals surface area contributed by atoms with Crippen LogP contribution in [0.3, 0.4) is 0 Å². The van der Waals surface area contributed by atoms with E-state index in [1.807, 2.05) is 13.8 Å². The Morgan fingerprint density at radius 2 is 1.89 bits per heavy atom. The average molecular weight is 253 g/mol. The Morgan fingerprint density at radius 1 is 1.33 bits per heavy atom. The molecule has 1 aromatic carbocycles. The second-order valence-electron chi connectivity index (χ2n) is 5.05. The summed E-state index contributed by atoms with van der Waals surface area (Å²) < 4.78 is 12.7. The van der Waals surface area contributed by atoms with E-state index in [0.717, 1.165) is 5.56 Å². The highest BCUT2D eigenvalue weighted by Crippen LogP contribution is 2.14. The molecule has 1 N–H and O–H groups in total. The molecule has 3 nitrogen and oxygen atoms in total. The van der Waals surface area contributed by atoms with Gasteiger partial charge in [-0.3, -0.25) is 4.79 Å². The fraction of sp³-hybridized carbons (Fsp3) is 0.500. The zero-order valence-corrected chi connectivity index (χ0v) is 11.1. The standard InChI is InChI=1S/C14H20FNO2/c1-14(2,10-17)16(3)13(18)9-6-11-4-7-12(15)8-5-11/h4-5,7-8,17H,6,9-10H2,1-3H3. The summed E-state index contributed by atoms with van der Waals surface area (Å²) in [6, 6.07) is 6.14. The number of aliphatic hydroxyl groups excluding tert-OH is 1. The molecule has 0 saturated heterocycles. The van der Waals surface area contributed by atoms with Crippen LogP contribution in [0.5, 0.6) is 0 Å². The third-order valence-corrected chi connectivity index (χ3v) is 3.21. The first-order chi connectivity index (χ1) is 8.36. The van der Waals surface area contributed by atoms with E-state index in [1.165, 1.54) is 12.1 Å². The third-order valence-electron chi connectivity index (χ3n) is 3.21. The summed E-state index contributed by atoms with van der Waals surface area (Å²) >= 11 is 0. The predicted octanol–water partition coefficient (Wildman–Crippen LogP) is 1.99. The van der Waals surface area contributed by atoms with Crippen molar-refractivity contribution >= 4 is 5.91 Å². The topological polar surface area (TPSA) is 40.5 Å². The molecule has 0 spiro atoms. The molecule has 100 valence electrons. The second-order valence-corrected chi connectivity index (χ2v) is 5.05. The first-order valence-corrected chi connectivity index (χ1v) is 5.99. The molecule has 0 saturated carbocycles. The highest BCUT2D eigenvalue weighted by atomic mass is 19.1. The normalized spacial score (nSPS) is 11.4. The highest BCUT2D eigenvalue weighted by molar-refractivity contribution is 5.77. The van der Waals surface area contributed by atoms with Gasteiger partial charge in [0.1, 0.15) is 5.82 Å². The van der Waals surface area contributed by atoms with Crippen LogP contribution in [0.15, 0.2) is 24.3 Å². The number of amides is 1. The van der Waals surface area contributed by atoms with E-state index >= 15 is 0 Å². The fourth-order valence-corrected chi connectivity index (χ4v) is 1.51. The molecule has 1 aromatic rings. The SMILES string of the molecule is CN(C(=O)CCc1ccc(F)cc1)C(C)(C)CO. The van der Waals surface area contributed by atoms with Gasteiger partial charge in [-0.05, 0) is 38.0 Å². The summed E-state index contributed by atoms with van der Waals surface area (Å²) in [5.41, 5.74) is 0.375. The molecule has 0 aliphatic heterocycles. The largest absolute Gasteiger partial charge is 0.394 e. The summed E-state index contributed by atoms with van der Waals surface area (Å²) in [5, 5.41) is 9.19. The van der Waals surface area contributed by atoms with Crippen molar-refractivity contribution in [3.8, 4) is 0 Å². The molecule has 0 fully saturated rings. The molecule has 18 heavy (non-hydrogen) atoms. The molecule has 0 heterocycles. The molecule has 0 radical (unpaired) electrons. The number of carbonyl (C=O) groups is 1. The van der Waals surface area contributed by atoms with Crippen LogP contribution in [0.4, 0.5) is 4.39 Å². The number of hydrogen-bond donors (Lipinski definition) is 1. The number of aliphatic hydroxyl groups is 1. The van der Waals surface area contributed by atoms with Gasteiger partial charge in [0, 0.05) is 13.5 Å². The van der Waals surface area contributed by atoms with Gasteiger partial charge >= 0.3 is 0 Å². The Hall–Kier alpha value is -1.42. The van der Waals surface area contributed by atoms with E-state index in [0.29, 0.717) is 12.8 Å². The lowest BCUT2D eigenvalue weighted by Gasteiger charge is -2.34. The minimum Gasteiger partial charge on any atom is -0.394 e. The van der Waals surface area contributed by atoms with E-state index < -0.39 is 5.54 Å². The first kappa shape index (κ1) is 14.6. The Kier molecular flexibility index (Phi) is 4.84. The molecule has 0 aromatic heterocycles. The van der Waals surface area contributed by atoms with Gasteiger partial charge in [0.2, 0.25) is 5.91 Å². The van der Waals surface area contributed by atoms with Crippen LogP contribution >= 0.6 is 0 Å². The molecular weight excluding hydrogens is 233 g/mol. The molecule has 1 rings (SSSR count). The van der Waals surface area contributed by atoms with E-state index in [1.54, 1.807) is 24.1 Å². The van der Waals surface area contributed by atoms with Crippen molar-refractivity contribution in [1.29, 1.82) is 0 Å². The van der Waals surface area contributed by atoms with E-state index in [2.05, 4.69) is 0 Å². The van der Waals surface area contributed by atoms with Crippen molar-refractivity contribution in [2.24, 2.45) is 0 Å². The van der Waals surface area contributed by atoms with E-state index in [-0.39, 0.29) is 18.3 Å². The van der Waals surface area contributed by atoms with Crippen LogP contribution in [-0.2, 0) is 11.2 Å². The number of halogens is 1. The van der Waals surface area contributed by atoms with Gasteiger partial charge in [-0.1, -0.05) is 12.1 Å². The summed E-state index contributed by atoms with van der Waals surface area (Å²) in [6.45, 7) is 3.54. The average Bonchev–Trinajstić information content (AvgIpc) is 2.36. The van der Waals surface area contributed by atoms with Gasteiger partial charge < -0.3 is 10.0 Å². The lowest BCUT2D eigenvalue weighted by Crippen LogP contribution is -2.47. The number of benzene rings is 1. The highest BCUT2D eigenvalue weighted by Gasteiger charge is 2.26. The summed E-state index contributed by atoms with van der Waals surface area (Å²) in [4.78, 5) is 13.5. The van der Waals surface area contributed by atoms with Crippen molar-refractivity contribution < 1.29 is 14.3 Å². The minimum absolute atomic E-state index is 0.0293. The predicted molar refractivity (Wildman–Crippen MR) is 68.7 cm³/mol. The van der Waals surface area contributed by atoms with E-state index in [9.17, 15) is 14.3 Å². The van der Waals surface area contributed by atoms with Gasteiger partial charge in [0.15, 0.2) is 0 Å². The number of likely N-dealkylation sites (N-methyl/N-ethyl adjacent to an activating group) is 1. The zero-order chi connectivity index (χ0) is 13.8. The van der Waals surface area contributed by atoms with E-state index in [4.69, 9.17) is 0 Å². The number of hydrogen-bond acceptors (Lipinski definition) is 2. The smallest absolute Gasteiger partial charge is 0.223 e. The first-order valence-electron chi connectivity index (χ1n) is 5.99. The van der Waals surface area contributed by atoms with Crippen LogP contribution in [0.2, 0.25) is 0 Å². The van der Waals surface area contributed by atoms with Crippen LogP contribution in [0, 0.1) is 5.82 Å². The maximum absolute atomic E-state index is 12.7. The molecular formula is C14H20FNO2. The molecule has 0 bridgehead atoms. The Labute approximate surface area is 107 Å². The van der Waals surface area contributed by atoms with Gasteiger partial charge in [0.25, 0.3) is 0 Å². The van der Waals surface area contributed by atoms with Gasteiger partial charge in [-0.2, -0.15) is 0 Å². The summed E-state index contributed by atoms with van der Waals surface area (Å²) in [5.74, 6) is -0.304. The molecule has 0 atom stereocenters. The van der Waals surface area contributed by atoms with Crippen LogP contribution in [0.1, 0.15) is 25.8 Å². The quantitative estimate of drug-likeness (QED) is 0.871. The van der Waals surface area contributed by atoms with Gasteiger partial charge in [-0.25, -0.2) is 4.39 Å². The van der Waals surface area contributed by atoms with Crippen molar-refractivity contribution in [3.63, 3.8) is 0 Å². The second kappa shape index (κ2) is 5.96. The number of aryl methyl sites for hydroxylation is 1. The van der Waals surface area contributed by atoms with Crippen LogP contribution < -0.4 is 0 Å².